The lowest BCUT2D eigenvalue weighted by molar-refractivity contribution is -0.139. The van der Waals surface area contributed by atoms with E-state index in [1.807, 2.05) is 0 Å². The molecule has 1 rings (SSSR count). The molecule has 1 aromatic carbocycles. The summed E-state index contributed by atoms with van der Waals surface area (Å²) in [6.07, 6.45) is 1.04. The van der Waals surface area contributed by atoms with Crippen LogP contribution in [0.5, 0.6) is 0 Å². The standard InChI is InChI=1S/C12H15ClN2O5S/c1-21(19,20)7-6-14-12(18)15-10(11(16)17)8-4-2-3-5-9(8)13/h2-5,10H,6-7H2,1H3,(H,16,17)(H2,14,15,18)/t10-/m1/s1. The molecule has 0 aliphatic carbocycles. The van der Waals surface area contributed by atoms with E-state index in [2.05, 4.69) is 10.6 Å². The van der Waals surface area contributed by atoms with Gasteiger partial charge in [0.15, 0.2) is 6.04 Å². The average Bonchev–Trinajstić information content (AvgIpc) is 2.35. The molecular formula is C12H15ClN2O5S. The van der Waals surface area contributed by atoms with Crippen molar-refractivity contribution in [3.05, 3.63) is 34.9 Å². The highest BCUT2D eigenvalue weighted by atomic mass is 35.5. The number of amides is 2. The van der Waals surface area contributed by atoms with Crippen LogP contribution in [-0.4, -0.2) is 44.1 Å². The molecule has 0 heterocycles. The summed E-state index contributed by atoms with van der Waals surface area (Å²) >= 11 is 5.90. The Hall–Kier alpha value is -1.80. The maximum Gasteiger partial charge on any atom is 0.331 e. The Morgan fingerprint density at radius 3 is 2.48 bits per heavy atom. The SMILES string of the molecule is CS(=O)(=O)CCNC(=O)N[C@@H](C(=O)O)c1ccccc1Cl. The highest BCUT2D eigenvalue weighted by Gasteiger charge is 2.24. The van der Waals surface area contributed by atoms with E-state index < -0.39 is 27.9 Å². The van der Waals surface area contributed by atoms with Crippen LogP contribution in [0.2, 0.25) is 5.02 Å². The lowest BCUT2D eigenvalue weighted by Gasteiger charge is -2.16. The summed E-state index contributed by atoms with van der Waals surface area (Å²) < 4.78 is 21.9. The van der Waals surface area contributed by atoms with Crippen LogP contribution < -0.4 is 10.6 Å². The lowest BCUT2D eigenvalue weighted by Crippen LogP contribution is -2.42. The second-order valence-electron chi connectivity index (χ2n) is 4.32. The van der Waals surface area contributed by atoms with Gasteiger partial charge < -0.3 is 15.7 Å². The van der Waals surface area contributed by atoms with E-state index in [9.17, 15) is 18.0 Å². The van der Waals surface area contributed by atoms with Gasteiger partial charge in [0.2, 0.25) is 0 Å². The topological polar surface area (TPSA) is 113 Å². The average molecular weight is 335 g/mol. The van der Waals surface area contributed by atoms with Gasteiger partial charge in [-0.3, -0.25) is 0 Å². The number of hydrogen-bond donors (Lipinski definition) is 3. The van der Waals surface area contributed by atoms with E-state index in [0.29, 0.717) is 0 Å². The summed E-state index contributed by atoms with van der Waals surface area (Å²) in [5.41, 5.74) is 0.241. The minimum atomic E-state index is -3.20. The Kier molecular flexibility index (Phi) is 5.98. The summed E-state index contributed by atoms with van der Waals surface area (Å²) in [6.45, 7) is -0.112. The van der Waals surface area contributed by atoms with Crippen LogP contribution in [0.25, 0.3) is 0 Å². The van der Waals surface area contributed by atoms with Gasteiger partial charge in [0.1, 0.15) is 9.84 Å². The number of carbonyl (C=O) groups excluding carboxylic acids is 1. The molecule has 1 atom stereocenters. The van der Waals surface area contributed by atoms with Crippen LogP contribution in [0.1, 0.15) is 11.6 Å². The number of carboxylic acid groups (broad SMARTS) is 1. The number of hydrogen-bond acceptors (Lipinski definition) is 4. The molecule has 0 aliphatic heterocycles. The molecule has 3 N–H and O–H groups in total. The zero-order valence-electron chi connectivity index (χ0n) is 11.2. The Balaban J connectivity index is 2.70. The van der Waals surface area contributed by atoms with E-state index in [1.54, 1.807) is 12.1 Å². The fourth-order valence-electron chi connectivity index (χ4n) is 1.51. The Bertz CT molecular complexity index is 632. The molecule has 0 unspecified atom stereocenters. The van der Waals surface area contributed by atoms with E-state index >= 15 is 0 Å². The summed E-state index contributed by atoms with van der Waals surface area (Å²) in [7, 11) is -3.20. The molecule has 116 valence electrons. The molecule has 0 radical (unpaired) electrons. The first-order chi connectivity index (χ1) is 9.70. The van der Waals surface area contributed by atoms with E-state index in [0.717, 1.165) is 6.26 Å². The molecule has 0 saturated heterocycles. The summed E-state index contributed by atoms with van der Waals surface area (Å²) in [5.74, 6) is -1.51. The molecule has 21 heavy (non-hydrogen) atoms. The van der Waals surface area contributed by atoms with E-state index in [4.69, 9.17) is 16.7 Å². The lowest BCUT2D eigenvalue weighted by atomic mass is 10.1. The Labute approximate surface area is 127 Å². The van der Waals surface area contributed by atoms with E-state index in [-0.39, 0.29) is 22.9 Å². The number of rotatable bonds is 6. The highest BCUT2D eigenvalue weighted by Crippen LogP contribution is 2.22. The largest absolute Gasteiger partial charge is 0.479 e. The molecule has 0 saturated carbocycles. The smallest absolute Gasteiger partial charge is 0.331 e. The summed E-state index contributed by atoms with van der Waals surface area (Å²) in [5, 5.41) is 13.9. The van der Waals surface area contributed by atoms with Crippen LogP contribution >= 0.6 is 11.6 Å². The molecule has 1 aromatic rings. The molecule has 7 nitrogen and oxygen atoms in total. The van der Waals surface area contributed by atoms with Crippen molar-refractivity contribution in [1.82, 2.24) is 10.6 Å². The van der Waals surface area contributed by atoms with Gasteiger partial charge >= 0.3 is 12.0 Å². The van der Waals surface area contributed by atoms with Crippen molar-refractivity contribution in [2.24, 2.45) is 0 Å². The second kappa shape index (κ2) is 7.28. The number of carboxylic acids is 1. The van der Waals surface area contributed by atoms with Crippen LogP contribution in [0.3, 0.4) is 0 Å². The van der Waals surface area contributed by atoms with Crippen LogP contribution in [0.4, 0.5) is 4.79 Å². The number of carbonyl (C=O) groups is 2. The third-order valence-corrected chi connectivity index (χ3v) is 3.79. The molecule has 0 fully saturated rings. The molecule has 0 bridgehead atoms. The molecule has 0 aliphatic rings. The number of sulfone groups is 1. The second-order valence-corrected chi connectivity index (χ2v) is 6.99. The normalized spacial score (nSPS) is 12.5. The van der Waals surface area contributed by atoms with Gasteiger partial charge in [-0.1, -0.05) is 29.8 Å². The molecule has 2 amide bonds. The van der Waals surface area contributed by atoms with Crippen molar-refractivity contribution in [2.45, 2.75) is 6.04 Å². The minimum Gasteiger partial charge on any atom is -0.479 e. The van der Waals surface area contributed by atoms with Crippen LogP contribution in [0.15, 0.2) is 24.3 Å². The fraction of sp³-hybridized carbons (Fsp3) is 0.333. The predicted octanol–water partition coefficient (Wildman–Crippen LogP) is 0.810. The van der Waals surface area contributed by atoms with Crippen molar-refractivity contribution in [2.75, 3.05) is 18.6 Å². The number of benzene rings is 1. The van der Waals surface area contributed by atoms with Crippen molar-refractivity contribution >= 4 is 33.4 Å². The van der Waals surface area contributed by atoms with Gasteiger partial charge in [-0.2, -0.15) is 0 Å². The van der Waals surface area contributed by atoms with Crippen molar-refractivity contribution in [3.63, 3.8) is 0 Å². The summed E-state index contributed by atoms with van der Waals surface area (Å²) in [6, 6.07) is 4.12. The minimum absolute atomic E-state index is 0.112. The van der Waals surface area contributed by atoms with Crippen molar-refractivity contribution < 1.29 is 23.1 Å². The third-order valence-electron chi connectivity index (χ3n) is 2.50. The zero-order chi connectivity index (χ0) is 16.0. The van der Waals surface area contributed by atoms with Gasteiger partial charge in [0.05, 0.1) is 5.75 Å². The first kappa shape index (κ1) is 17.3. The van der Waals surface area contributed by atoms with Crippen LogP contribution in [-0.2, 0) is 14.6 Å². The van der Waals surface area contributed by atoms with Gasteiger partial charge in [-0.15, -0.1) is 0 Å². The van der Waals surface area contributed by atoms with Gasteiger partial charge in [-0.05, 0) is 6.07 Å². The van der Waals surface area contributed by atoms with Crippen molar-refractivity contribution in [3.8, 4) is 0 Å². The maximum absolute atomic E-state index is 11.6. The van der Waals surface area contributed by atoms with Crippen molar-refractivity contribution in [1.29, 1.82) is 0 Å². The third kappa shape index (κ3) is 6.01. The first-order valence-electron chi connectivity index (χ1n) is 5.90. The molecular weight excluding hydrogens is 320 g/mol. The van der Waals surface area contributed by atoms with Gasteiger partial charge in [0.25, 0.3) is 0 Å². The van der Waals surface area contributed by atoms with Gasteiger partial charge in [0, 0.05) is 23.4 Å². The molecule has 9 heteroatoms. The number of nitrogens with one attached hydrogen (secondary N) is 2. The first-order valence-corrected chi connectivity index (χ1v) is 8.34. The predicted molar refractivity (Wildman–Crippen MR) is 78.1 cm³/mol. The molecule has 0 aromatic heterocycles. The number of urea groups is 1. The van der Waals surface area contributed by atoms with Crippen LogP contribution in [0, 0.1) is 0 Å². The monoisotopic (exact) mass is 334 g/mol. The Morgan fingerprint density at radius 2 is 1.95 bits per heavy atom. The highest BCUT2D eigenvalue weighted by molar-refractivity contribution is 7.90. The number of aliphatic carboxylic acids is 1. The zero-order valence-corrected chi connectivity index (χ0v) is 12.7. The summed E-state index contributed by atoms with van der Waals surface area (Å²) in [4.78, 5) is 22.8. The number of halogens is 1. The Morgan fingerprint density at radius 1 is 1.33 bits per heavy atom. The molecule has 0 spiro atoms. The maximum atomic E-state index is 11.6. The quantitative estimate of drug-likeness (QED) is 0.712. The fourth-order valence-corrected chi connectivity index (χ4v) is 2.23. The van der Waals surface area contributed by atoms with E-state index in [1.165, 1.54) is 12.1 Å². The van der Waals surface area contributed by atoms with Gasteiger partial charge in [-0.25, -0.2) is 18.0 Å².